The van der Waals surface area contributed by atoms with Gasteiger partial charge in [-0.3, -0.25) is 0 Å². The van der Waals surface area contributed by atoms with Gasteiger partial charge in [0.2, 0.25) is 5.88 Å². The summed E-state index contributed by atoms with van der Waals surface area (Å²) in [7, 11) is 0. The SMILES string of the molecule is CSc1c(OC2CC2)ccnc1OC(C)(C)C. The summed E-state index contributed by atoms with van der Waals surface area (Å²) in [6, 6.07) is 1.92. The summed E-state index contributed by atoms with van der Waals surface area (Å²) in [5.41, 5.74) is -0.240. The fourth-order valence-corrected chi connectivity index (χ4v) is 2.01. The lowest BCUT2D eigenvalue weighted by molar-refractivity contribution is 0.118. The normalized spacial score (nSPS) is 15.8. The van der Waals surface area contributed by atoms with Gasteiger partial charge in [0.05, 0.1) is 6.10 Å². The first kappa shape index (κ1) is 12.6. The molecular formula is C13H19NO2S. The Morgan fingerprint density at radius 1 is 1.35 bits per heavy atom. The van der Waals surface area contributed by atoms with Crippen LogP contribution in [-0.2, 0) is 0 Å². The minimum Gasteiger partial charge on any atom is -0.489 e. The molecule has 0 aromatic carbocycles. The Bertz CT molecular complexity index is 397. The molecule has 0 N–H and O–H groups in total. The predicted octanol–water partition coefficient (Wildman–Crippen LogP) is 3.52. The fourth-order valence-electron chi connectivity index (χ4n) is 1.42. The van der Waals surface area contributed by atoms with Crippen molar-refractivity contribution in [3.8, 4) is 11.6 Å². The van der Waals surface area contributed by atoms with Gasteiger partial charge in [-0.25, -0.2) is 4.98 Å². The number of nitrogens with zero attached hydrogens (tertiary/aromatic N) is 1. The van der Waals surface area contributed by atoms with E-state index in [-0.39, 0.29) is 5.60 Å². The molecule has 3 nitrogen and oxygen atoms in total. The third-order valence-electron chi connectivity index (χ3n) is 2.26. The number of thioether (sulfide) groups is 1. The Hall–Kier alpha value is -0.900. The molecule has 1 fully saturated rings. The topological polar surface area (TPSA) is 31.4 Å². The Morgan fingerprint density at radius 3 is 2.59 bits per heavy atom. The lowest BCUT2D eigenvalue weighted by atomic mass is 10.2. The first-order valence-corrected chi connectivity index (χ1v) is 7.11. The van der Waals surface area contributed by atoms with Crippen molar-refractivity contribution < 1.29 is 9.47 Å². The van der Waals surface area contributed by atoms with Crippen molar-refractivity contribution >= 4 is 11.8 Å². The molecule has 1 saturated carbocycles. The largest absolute Gasteiger partial charge is 0.489 e. The van der Waals surface area contributed by atoms with Crippen LogP contribution in [0.5, 0.6) is 11.6 Å². The average molecular weight is 253 g/mol. The maximum Gasteiger partial charge on any atom is 0.231 e. The van der Waals surface area contributed by atoms with Gasteiger partial charge in [0.25, 0.3) is 0 Å². The fraction of sp³-hybridized carbons (Fsp3) is 0.615. The molecule has 17 heavy (non-hydrogen) atoms. The molecule has 1 aliphatic rings. The van der Waals surface area contributed by atoms with E-state index in [1.54, 1.807) is 18.0 Å². The molecule has 0 unspecified atom stereocenters. The average Bonchev–Trinajstić information content (AvgIpc) is 2.99. The molecule has 4 heteroatoms. The molecule has 0 atom stereocenters. The number of pyridine rings is 1. The molecule has 0 amide bonds. The lowest BCUT2D eigenvalue weighted by Crippen LogP contribution is -2.24. The molecule has 1 aromatic heterocycles. The quantitative estimate of drug-likeness (QED) is 0.768. The van der Waals surface area contributed by atoms with E-state index in [9.17, 15) is 0 Å². The van der Waals surface area contributed by atoms with Crippen LogP contribution in [-0.4, -0.2) is 22.9 Å². The second-order valence-electron chi connectivity index (χ2n) is 5.18. The van der Waals surface area contributed by atoms with Crippen LogP contribution in [0.3, 0.4) is 0 Å². The van der Waals surface area contributed by atoms with Crippen LogP contribution in [0.4, 0.5) is 0 Å². The van der Waals surface area contributed by atoms with Crippen molar-refractivity contribution in [3.05, 3.63) is 12.3 Å². The maximum absolute atomic E-state index is 5.86. The molecule has 2 rings (SSSR count). The zero-order chi connectivity index (χ0) is 12.5. The molecule has 0 saturated heterocycles. The zero-order valence-corrected chi connectivity index (χ0v) is 11.6. The Morgan fingerprint density at radius 2 is 2.06 bits per heavy atom. The number of aromatic nitrogens is 1. The highest BCUT2D eigenvalue weighted by Gasteiger charge is 2.26. The van der Waals surface area contributed by atoms with E-state index in [4.69, 9.17) is 9.47 Å². The molecule has 1 aliphatic carbocycles. The molecule has 0 radical (unpaired) electrons. The molecule has 0 spiro atoms. The summed E-state index contributed by atoms with van der Waals surface area (Å²) in [4.78, 5) is 5.29. The van der Waals surface area contributed by atoms with Crippen molar-refractivity contribution in [1.82, 2.24) is 4.98 Å². The van der Waals surface area contributed by atoms with E-state index in [2.05, 4.69) is 4.98 Å². The summed E-state index contributed by atoms with van der Waals surface area (Å²) in [6.45, 7) is 6.06. The van der Waals surface area contributed by atoms with Crippen molar-refractivity contribution in [2.75, 3.05) is 6.26 Å². The smallest absolute Gasteiger partial charge is 0.231 e. The van der Waals surface area contributed by atoms with Crippen molar-refractivity contribution in [3.63, 3.8) is 0 Å². The summed E-state index contributed by atoms with van der Waals surface area (Å²) in [6.07, 6.45) is 6.48. The summed E-state index contributed by atoms with van der Waals surface area (Å²) < 4.78 is 11.7. The third kappa shape index (κ3) is 3.53. The minimum absolute atomic E-state index is 0.240. The standard InChI is InChI=1S/C13H19NO2S/c1-13(2,3)16-12-11(17-4)10(7-8-14-12)15-9-5-6-9/h7-9H,5-6H2,1-4H3. The highest BCUT2D eigenvalue weighted by atomic mass is 32.2. The zero-order valence-electron chi connectivity index (χ0n) is 10.8. The summed E-state index contributed by atoms with van der Waals surface area (Å²) >= 11 is 1.62. The number of rotatable bonds is 4. The van der Waals surface area contributed by atoms with Crippen molar-refractivity contribution in [2.45, 2.75) is 50.2 Å². The van der Waals surface area contributed by atoms with Crippen LogP contribution in [0, 0.1) is 0 Å². The number of hydrogen-bond acceptors (Lipinski definition) is 4. The number of hydrogen-bond donors (Lipinski definition) is 0. The molecule has 1 heterocycles. The monoisotopic (exact) mass is 253 g/mol. The van der Waals surface area contributed by atoms with Crippen LogP contribution in [0.15, 0.2) is 17.2 Å². The van der Waals surface area contributed by atoms with Gasteiger partial charge in [0, 0.05) is 6.20 Å². The third-order valence-corrected chi connectivity index (χ3v) is 3.04. The molecular weight excluding hydrogens is 234 g/mol. The molecule has 0 aliphatic heterocycles. The van der Waals surface area contributed by atoms with Gasteiger partial charge in [0.15, 0.2) is 0 Å². The highest BCUT2D eigenvalue weighted by molar-refractivity contribution is 7.98. The van der Waals surface area contributed by atoms with Gasteiger partial charge < -0.3 is 9.47 Å². The maximum atomic E-state index is 5.86. The molecule has 0 bridgehead atoms. The first-order valence-electron chi connectivity index (χ1n) is 5.88. The van der Waals surface area contributed by atoms with Crippen molar-refractivity contribution in [2.24, 2.45) is 0 Å². The van der Waals surface area contributed by atoms with E-state index >= 15 is 0 Å². The van der Waals surface area contributed by atoms with E-state index in [1.807, 2.05) is 33.1 Å². The minimum atomic E-state index is -0.240. The van der Waals surface area contributed by atoms with E-state index in [1.165, 1.54) is 0 Å². The Kier molecular flexibility index (Phi) is 3.52. The van der Waals surface area contributed by atoms with Crippen LogP contribution in [0.25, 0.3) is 0 Å². The van der Waals surface area contributed by atoms with E-state index < -0.39 is 0 Å². The second-order valence-corrected chi connectivity index (χ2v) is 6.00. The van der Waals surface area contributed by atoms with E-state index in [0.717, 1.165) is 23.5 Å². The van der Waals surface area contributed by atoms with Crippen LogP contribution in [0.1, 0.15) is 33.6 Å². The predicted molar refractivity (Wildman–Crippen MR) is 70.0 cm³/mol. The first-order chi connectivity index (χ1) is 7.99. The molecule has 1 aromatic rings. The van der Waals surface area contributed by atoms with Crippen LogP contribution < -0.4 is 9.47 Å². The van der Waals surface area contributed by atoms with Gasteiger partial charge in [-0.2, -0.15) is 0 Å². The lowest BCUT2D eigenvalue weighted by Gasteiger charge is -2.22. The van der Waals surface area contributed by atoms with Crippen molar-refractivity contribution in [1.29, 1.82) is 0 Å². The highest BCUT2D eigenvalue weighted by Crippen LogP contribution is 2.39. The number of ether oxygens (including phenoxy) is 2. The van der Waals surface area contributed by atoms with Crippen LogP contribution in [0.2, 0.25) is 0 Å². The van der Waals surface area contributed by atoms with Crippen LogP contribution >= 0.6 is 11.8 Å². The van der Waals surface area contributed by atoms with Gasteiger partial charge in [-0.15, -0.1) is 11.8 Å². The Labute approximate surface area is 107 Å². The molecule has 94 valence electrons. The van der Waals surface area contributed by atoms with Gasteiger partial charge >= 0.3 is 0 Å². The van der Waals surface area contributed by atoms with E-state index in [0.29, 0.717) is 12.0 Å². The Balaban J connectivity index is 2.24. The van der Waals surface area contributed by atoms with Gasteiger partial charge in [0.1, 0.15) is 16.2 Å². The van der Waals surface area contributed by atoms with Gasteiger partial charge in [-0.1, -0.05) is 0 Å². The summed E-state index contributed by atoms with van der Waals surface area (Å²) in [5.74, 6) is 1.57. The summed E-state index contributed by atoms with van der Waals surface area (Å²) in [5, 5.41) is 0. The van der Waals surface area contributed by atoms with Gasteiger partial charge in [-0.05, 0) is 45.9 Å². The second kappa shape index (κ2) is 4.77.